The van der Waals surface area contributed by atoms with Crippen molar-refractivity contribution in [2.45, 2.75) is 18.3 Å². The maximum absolute atomic E-state index is 14.0. The minimum absolute atomic E-state index is 0.250. The van der Waals surface area contributed by atoms with Crippen LogP contribution in [0.15, 0.2) is 51.7 Å². The number of amides is 1. The molecule has 1 amide bonds. The van der Waals surface area contributed by atoms with Gasteiger partial charge in [-0.1, -0.05) is 18.2 Å². The zero-order valence-electron chi connectivity index (χ0n) is 12.1. The van der Waals surface area contributed by atoms with Gasteiger partial charge in [-0.25, -0.2) is 9.18 Å². The quantitative estimate of drug-likeness (QED) is 0.781. The first kappa shape index (κ1) is 13.8. The van der Waals surface area contributed by atoms with Gasteiger partial charge in [0, 0.05) is 17.3 Å². The summed E-state index contributed by atoms with van der Waals surface area (Å²) in [5.41, 5.74) is 1.05. The van der Waals surface area contributed by atoms with Gasteiger partial charge in [0.25, 0.3) is 0 Å². The molecule has 0 atom stereocenters. The molecule has 2 N–H and O–H groups in total. The molecule has 0 radical (unpaired) electrons. The summed E-state index contributed by atoms with van der Waals surface area (Å²) in [4.78, 5) is 26.3. The fourth-order valence-corrected chi connectivity index (χ4v) is 2.87. The molecule has 1 aliphatic carbocycles. The summed E-state index contributed by atoms with van der Waals surface area (Å²) < 4.78 is 19.0. The minimum atomic E-state index is -0.806. The molecule has 1 aromatic heterocycles. The van der Waals surface area contributed by atoms with Crippen molar-refractivity contribution in [3.05, 3.63) is 64.4 Å². The highest BCUT2D eigenvalue weighted by Crippen LogP contribution is 2.49. The molecule has 2 aromatic carbocycles. The van der Waals surface area contributed by atoms with Crippen molar-refractivity contribution in [3.63, 3.8) is 0 Å². The third kappa shape index (κ3) is 2.23. The van der Waals surface area contributed by atoms with Gasteiger partial charge in [0.2, 0.25) is 5.91 Å². The summed E-state index contributed by atoms with van der Waals surface area (Å²) in [6, 6.07) is 11.2. The van der Waals surface area contributed by atoms with Crippen LogP contribution in [-0.2, 0) is 10.2 Å². The van der Waals surface area contributed by atoms with Crippen molar-refractivity contribution in [2.75, 3.05) is 5.32 Å². The van der Waals surface area contributed by atoms with Gasteiger partial charge in [-0.15, -0.1) is 0 Å². The van der Waals surface area contributed by atoms with E-state index in [0.29, 0.717) is 35.2 Å². The Hall–Kier alpha value is -2.89. The van der Waals surface area contributed by atoms with Gasteiger partial charge in [0.15, 0.2) is 5.58 Å². The number of aromatic amines is 1. The van der Waals surface area contributed by atoms with Crippen LogP contribution in [0.3, 0.4) is 0 Å². The lowest BCUT2D eigenvalue weighted by atomic mass is 9.94. The smallest absolute Gasteiger partial charge is 0.408 e. The molecular weight excluding hydrogens is 299 g/mol. The molecule has 4 rings (SSSR count). The molecule has 116 valence electrons. The fourth-order valence-electron chi connectivity index (χ4n) is 2.87. The normalized spacial score (nSPS) is 15.5. The molecule has 1 saturated carbocycles. The summed E-state index contributed by atoms with van der Waals surface area (Å²) in [6.07, 6.45) is 1.22. The summed E-state index contributed by atoms with van der Waals surface area (Å²) in [6.45, 7) is 0. The number of hydrogen-bond donors (Lipinski definition) is 2. The van der Waals surface area contributed by atoms with Crippen LogP contribution in [-0.4, -0.2) is 10.9 Å². The number of carbonyl (C=O) groups is 1. The van der Waals surface area contributed by atoms with Crippen LogP contribution in [0.4, 0.5) is 10.1 Å². The highest BCUT2D eigenvalue weighted by Gasteiger charge is 2.52. The van der Waals surface area contributed by atoms with Gasteiger partial charge < -0.3 is 9.73 Å². The Balaban J connectivity index is 1.64. The topological polar surface area (TPSA) is 75.1 Å². The number of hydrogen-bond acceptors (Lipinski definition) is 3. The van der Waals surface area contributed by atoms with E-state index in [1.165, 1.54) is 6.07 Å². The second-order valence-electron chi connectivity index (χ2n) is 5.74. The predicted molar refractivity (Wildman–Crippen MR) is 82.8 cm³/mol. The molecule has 0 saturated heterocycles. The van der Waals surface area contributed by atoms with Crippen molar-refractivity contribution in [3.8, 4) is 0 Å². The first-order valence-corrected chi connectivity index (χ1v) is 7.28. The second kappa shape index (κ2) is 4.81. The zero-order valence-corrected chi connectivity index (χ0v) is 12.1. The number of aromatic nitrogens is 1. The van der Waals surface area contributed by atoms with Gasteiger partial charge in [-0.2, -0.15) is 0 Å². The highest BCUT2D eigenvalue weighted by molar-refractivity contribution is 6.02. The Morgan fingerprint density at radius 1 is 1.22 bits per heavy atom. The number of rotatable bonds is 3. The van der Waals surface area contributed by atoms with Crippen LogP contribution in [0, 0.1) is 5.82 Å². The van der Waals surface area contributed by atoms with E-state index in [4.69, 9.17) is 4.42 Å². The first-order chi connectivity index (χ1) is 11.1. The van der Waals surface area contributed by atoms with Crippen molar-refractivity contribution in [1.29, 1.82) is 0 Å². The lowest BCUT2D eigenvalue weighted by Crippen LogP contribution is -2.28. The number of carbonyl (C=O) groups excluding carboxylic acids is 1. The van der Waals surface area contributed by atoms with Crippen LogP contribution in [0.25, 0.3) is 11.1 Å². The molecular formula is C17H13FN2O3. The SMILES string of the molecule is O=C(Nc1ccc2[nH]c(=O)oc2c1)C1(c2ccccc2F)CC1. The number of fused-ring (bicyclic) bond motifs is 1. The third-order valence-electron chi connectivity index (χ3n) is 4.25. The molecule has 1 heterocycles. The molecule has 0 unspecified atom stereocenters. The van der Waals surface area contributed by atoms with Crippen LogP contribution in [0.1, 0.15) is 18.4 Å². The number of halogens is 1. The Bertz CT molecular complexity index is 969. The molecule has 0 aliphatic heterocycles. The van der Waals surface area contributed by atoms with E-state index in [2.05, 4.69) is 10.3 Å². The van der Waals surface area contributed by atoms with Gasteiger partial charge >= 0.3 is 5.76 Å². The van der Waals surface area contributed by atoms with Gasteiger partial charge in [-0.05, 0) is 31.0 Å². The van der Waals surface area contributed by atoms with Crippen LogP contribution >= 0.6 is 0 Å². The van der Waals surface area contributed by atoms with E-state index < -0.39 is 11.2 Å². The van der Waals surface area contributed by atoms with Gasteiger partial charge in [0.1, 0.15) is 5.82 Å². The largest absolute Gasteiger partial charge is 0.417 e. The Morgan fingerprint density at radius 2 is 2.00 bits per heavy atom. The minimum Gasteiger partial charge on any atom is -0.408 e. The molecule has 1 fully saturated rings. The van der Waals surface area contributed by atoms with E-state index >= 15 is 0 Å². The summed E-state index contributed by atoms with van der Waals surface area (Å²) in [5, 5.41) is 2.79. The number of oxazole rings is 1. The zero-order chi connectivity index (χ0) is 16.0. The fraction of sp³-hybridized carbons (Fsp3) is 0.176. The van der Waals surface area contributed by atoms with Crippen LogP contribution in [0.2, 0.25) is 0 Å². The van der Waals surface area contributed by atoms with Crippen molar-refractivity contribution >= 4 is 22.7 Å². The van der Waals surface area contributed by atoms with Crippen LogP contribution < -0.4 is 11.1 Å². The van der Waals surface area contributed by atoms with Gasteiger partial charge in [0.05, 0.1) is 10.9 Å². The molecule has 3 aromatic rings. The molecule has 23 heavy (non-hydrogen) atoms. The number of benzene rings is 2. The van der Waals surface area contributed by atoms with E-state index in [0.717, 1.165) is 0 Å². The summed E-state index contributed by atoms with van der Waals surface area (Å²) in [7, 11) is 0. The summed E-state index contributed by atoms with van der Waals surface area (Å²) in [5.74, 6) is -1.17. The average Bonchev–Trinajstić information content (AvgIpc) is 3.24. The van der Waals surface area contributed by atoms with E-state index in [1.807, 2.05) is 0 Å². The molecule has 0 bridgehead atoms. The Labute approximate surface area is 130 Å². The molecule has 1 aliphatic rings. The summed E-state index contributed by atoms with van der Waals surface area (Å²) >= 11 is 0. The third-order valence-corrected chi connectivity index (χ3v) is 4.25. The Morgan fingerprint density at radius 3 is 2.74 bits per heavy atom. The van der Waals surface area contributed by atoms with E-state index in [1.54, 1.807) is 36.4 Å². The average molecular weight is 312 g/mol. The predicted octanol–water partition coefficient (Wildman–Crippen LogP) is 2.93. The van der Waals surface area contributed by atoms with E-state index in [9.17, 15) is 14.0 Å². The number of anilines is 1. The molecule has 5 nitrogen and oxygen atoms in total. The first-order valence-electron chi connectivity index (χ1n) is 7.28. The van der Waals surface area contributed by atoms with Crippen molar-refractivity contribution in [1.82, 2.24) is 4.98 Å². The Kier molecular flexibility index (Phi) is 2.87. The molecule has 6 heteroatoms. The second-order valence-corrected chi connectivity index (χ2v) is 5.74. The van der Waals surface area contributed by atoms with Crippen molar-refractivity contribution < 1.29 is 13.6 Å². The lowest BCUT2D eigenvalue weighted by molar-refractivity contribution is -0.118. The maximum Gasteiger partial charge on any atom is 0.417 e. The van der Waals surface area contributed by atoms with E-state index in [-0.39, 0.29) is 11.7 Å². The van der Waals surface area contributed by atoms with Gasteiger partial charge in [-0.3, -0.25) is 9.78 Å². The van der Waals surface area contributed by atoms with Crippen LogP contribution in [0.5, 0.6) is 0 Å². The maximum atomic E-state index is 14.0. The standard InChI is InChI=1S/C17H13FN2O3/c18-12-4-2-1-3-11(12)17(7-8-17)15(21)19-10-5-6-13-14(9-10)23-16(22)20-13/h1-6,9H,7-8H2,(H,19,21)(H,20,22). The number of nitrogens with one attached hydrogen (secondary N) is 2. The lowest BCUT2D eigenvalue weighted by Gasteiger charge is -2.16. The monoisotopic (exact) mass is 312 g/mol. The number of H-pyrrole nitrogens is 1. The van der Waals surface area contributed by atoms with Crippen molar-refractivity contribution in [2.24, 2.45) is 0 Å². The highest BCUT2D eigenvalue weighted by atomic mass is 19.1. The molecule has 0 spiro atoms.